The van der Waals surface area contributed by atoms with Crippen molar-refractivity contribution in [3.8, 4) is 0 Å². The summed E-state index contributed by atoms with van der Waals surface area (Å²) in [7, 11) is 0. The van der Waals surface area contributed by atoms with Crippen LogP contribution in [0.3, 0.4) is 0 Å². The number of nitrogens with one attached hydrogen (secondary N) is 2. The molecule has 4 heteroatoms. The van der Waals surface area contributed by atoms with Crippen LogP contribution in [0.5, 0.6) is 0 Å². The Morgan fingerprint density at radius 3 is 2.65 bits per heavy atom. The maximum atomic E-state index is 5.37. The standard InChI is InChI=1S/C13H22N4/c1-3-15-13(17-14)16-11(2)9-10-12-7-5-4-6-8-12/h4-8,11H,3,9-10,14H2,1-2H3,(H2,15,16,17). The van der Waals surface area contributed by atoms with Crippen molar-refractivity contribution < 1.29 is 0 Å². The number of hydrazine groups is 1. The van der Waals surface area contributed by atoms with Gasteiger partial charge in [0, 0.05) is 12.6 Å². The summed E-state index contributed by atoms with van der Waals surface area (Å²) in [6.07, 6.45) is 2.10. The second-order valence-corrected chi connectivity index (χ2v) is 4.04. The Morgan fingerprint density at radius 2 is 2.06 bits per heavy atom. The SMILES string of the molecule is CCN=C(NN)NC(C)CCc1ccccc1. The first-order valence-electron chi connectivity index (χ1n) is 6.07. The lowest BCUT2D eigenvalue weighted by Gasteiger charge is -2.16. The Morgan fingerprint density at radius 1 is 1.35 bits per heavy atom. The molecule has 0 heterocycles. The molecule has 1 aromatic carbocycles. The number of benzene rings is 1. The Hall–Kier alpha value is -1.55. The van der Waals surface area contributed by atoms with E-state index in [1.807, 2.05) is 13.0 Å². The van der Waals surface area contributed by atoms with Gasteiger partial charge in [-0.05, 0) is 32.3 Å². The second-order valence-electron chi connectivity index (χ2n) is 4.04. The molecule has 0 bridgehead atoms. The van der Waals surface area contributed by atoms with E-state index in [0.717, 1.165) is 19.4 Å². The van der Waals surface area contributed by atoms with Crippen LogP contribution >= 0.6 is 0 Å². The molecule has 0 amide bonds. The van der Waals surface area contributed by atoms with Gasteiger partial charge in [0.25, 0.3) is 0 Å². The number of nitrogens with two attached hydrogens (primary N) is 1. The van der Waals surface area contributed by atoms with Crippen molar-refractivity contribution >= 4 is 5.96 Å². The number of guanidine groups is 1. The van der Waals surface area contributed by atoms with Crippen molar-refractivity contribution in [1.29, 1.82) is 0 Å². The number of aryl methyl sites for hydroxylation is 1. The first-order valence-corrected chi connectivity index (χ1v) is 6.07. The molecule has 0 spiro atoms. The highest BCUT2D eigenvalue weighted by atomic mass is 15.3. The maximum absolute atomic E-state index is 5.37. The molecule has 0 aliphatic rings. The van der Waals surface area contributed by atoms with Gasteiger partial charge < -0.3 is 5.32 Å². The molecule has 0 fully saturated rings. The molecule has 17 heavy (non-hydrogen) atoms. The van der Waals surface area contributed by atoms with Crippen LogP contribution in [0.25, 0.3) is 0 Å². The highest BCUT2D eigenvalue weighted by Crippen LogP contribution is 2.04. The topological polar surface area (TPSA) is 62.4 Å². The third kappa shape index (κ3) is 5.36. The van der Waals surface area contributed by atoms with Crippen LogP contribution in [0, 0.1) is 0 Å². The molecule has 0 radical (unpaired) electrons. The van der Waals surface area contributed by atoms with Crippen LogP contribution in [0.2, 0.25) is 0 Å². The number of hydrogen-bond donors (Lipinski definition) is 3. The van der Waals surface area contributed by atoms with E-state index in [2.05, 4.69) is 46.9 Å². The van der Waals surface area contributed by atoms with E-state index in [1.54, 1.807) is 0 Å². The Bertz CT molecular complexity index is 335. The third-order valence-electron chi connectivity index (χ3n) is 2.54. The van der Waals surface area contributed by atoms with E-state index in [1.165, 1.54) is 5.56 Å². The second kappa shape index (κ2) is 7.68. The van der Waals surface area contributed by atoms with E-state index in [4.69, 9.17) is 5.84 Å². The summed E-state index contributed by atoms with van der Waals surface area (Å²) in [6, 6.07) is 10.8. The van der Waals surface area contributed by atoms with Gasteiger partial charge in [0.15, 0.2) is 0 Å². The third-order valence-corrected chi connectivity index (χ3v) is 2.54. The minimum atomic E-state index is 0.344. The minimum Gasteiger partial charge on any atom is -0.353 e. The average Bonchev–Trinajstić information content (AvgIpc) is 2.37. The largest absolute Gasteiger partial charge is 0.353 e. The number of rotatable bonds is 5. The fourth-order valence-electron chi connectivity index (χ4n) is 1.62. The molecule has 0 aliphatic heterocycles. The van der Waals surface area contributed by atoms with E-state index in [9.17, 15) is 0 Å². The smallest absolute Gasteiger partial charge is 0.205 e. The van der Waals surface area contributed by atoms with Crippen LogP contribution < -0.4 is 16.6 Å². The van der Waals surface area contributed by atoms with Crippen LogP contribution in [-0.4, -0.2) is 18.5 Å². The zero-order valence-corrected chi connectivity index (χ0v) is 10.6. The first kappa shape index (κ1) is 13.5. The molecule has 0 aliphatic carbocycles. The molecule has 1 unspecified atom stereocenters. The van der Waals surface area contributed by atoms with Gasteiger partial charge in [-0.3, -0.25) is 10.4 Å². The zero-order valence-electron chi connectivity index (χ0n) is 10.6. The number of aliphatic imine (C=N–C) groups is 1. The number of nitrogens with zero attached hydrogens (tertiary/aromatic N) is 1. The Balaban J connectivity index is 2.35. The van der Waals surface area contributed by atoms with Crippen LogP contribution in [0.1, 0.15) is 25.8 Å². The monoisotopic (exact) mass is 234 g/mol. The molecule has 1 aromatic rings. The van der Waals surface area contributed by atoms with Crippen molar-refractivity contribution in [3.05, 3.63) is 35.9 Å². The fourth-order valence-corrected chi connectivity index (χ4v) is 1.62. The van der Waals surface area contributed by atoms with Crippen molar-refractivity contribution in [2.75, 3.05) is 6.54 Å². The molecule has 4 N–H and O–H groups in total. The van der Waals surface area contributed by atoms with Gasteiger partial charge in [0.1, 0.15) is 0 Å². The van der Waals surface area contributed by atoms with Gasteiger partial charge in [0.2, 0.25) is 5.96 Å². The quantitative estimate of drug-likeness (QED) is 0.313. The lowest BCUT2D eigenvalue weighted by molar-refractivity contribution is 0.594. The van der Waals surface area contributed by atoms with Crippen LogP contribution in [0.4, 0.5) is 0 Å². The van der Waals surface area contributed by atoms with Crippen LogP contribution in [-0.2, 0) is 6.42 Å². The summed E-state index contributed by atoms with van der Waals surface area (Å²) < 4.78 is 0. The van der Waals surface area contributed by atoms with Gasteiger partial charge in [-0.1, -0.05) is 30.3 Å². The van der Waals surface area contributed by atoms with Gasteiger partial charge >= 0.3 is 0 Å². The lowest BCUT2D eigenvalue weighted by Crippen LogP contribution is -2.45. The normalized spacial score (nSPS) is 13.2. The van der Waals surface area contributed by atoms with E-state index < -0.39 is 0 Å². The van der Waals surface area contributed by atoms with Crippen molar-refractivity contribution in [2.24, 2.45) is 10.8 Å². The molecule has 1 rings (SSSR count). The van der Waals surface area contributed by atoms with E-state index in [-0.39, 0.29) is 0 Å². The molecular weight excluding hydrogens is 212 g/mol. The Kier molecular flexibility index (Phi) is 6.10. The molecule has 0 saturated heterocycles. The lowest BCUT2D eigenvalue weighted by atomic mass is 10.1. The van der Waals surface area contributed by atoms with Gasteiger partial charge in [-0.15, -0.1) is 0 Å². The van der Waals surface area contributed by atoms with Crippen molar-refractivity contribution in [2.45, 2.75) is 32.7 Å². The predicted molar refractivity (Wildman–Crippen MR) is 72.7 cm³/mol. The summed E-state index contributed by atoms with van der Waals surface area (Å²) in [5, 5.41) is 3.25. The van der Waals surface area contributed by atoms with Crippen molar-refractivity contribution in [1.82, 2.24) is 10.7 Å². The summed E-state index contributed by atoms with van der Waals surface area (Å²) >= 11 is 0. The molecule has 1 atom stereocenters. The molecule has 0 saturated carbocycles. The fraction of sp³-hybridized carbons (Fsp3) is 0.462. The van der Waals surface area contributed by atoms with Gasteiger partial charge in [-0.25, -0.2) is 5.84 Å². The zero-order chi connectivity index (χ0) is 12.5. The highest BCUT2D eigenvalue weighted by molar-refractivity contribution is 5.79. The number of hydrogen-bond acceptors (Lipinski definition) is 2. The van der Waals surface area contributed by atoms with Crippen molar-refractivity contribution in [3.63, 3.8) is 0 Å². The maximum Gasteiger partial charge on any atom is 0.205 e. The van der Waals surface area contributed by atoms with E-state index in [0.29, 0.717) is 12.0 Å². The molecule has 94 valence electrons. The van der Waals surface area contributed by atoms with E-state index >= 15 is 0 Å². The summed E-state index contributed by atoms with van der Waals surface area (Å²) in [5.74, 6) is 6.03. The van der Waals surface area contributed by atoms with Gasteiger partial charge in [-0.2, -0.15) is 0 Å². The van der Waals surface area contributed by atoms with Crippen LogP contribution in [0.15, 0.2) is 35.3 Å². The first-order chi connectivity index (χ1) is 8.26. The summed E-state index contributed by atoms with van der Waals surface area (Å²) in [6.45, 7) is 4.83. The summed E-state index contributed by atoms with van der Waals surface area (Å²) in [5.41, 5.74) is 3.93. The molecular formula is C13H22N4. The van der Waals surface area contributed by atoms with Gasteiger partial charge in [0.05, 0.1) is 0 Å². The molecule has 0 aromatic heterocycles. The summed E-state index contributed by atoms with van der Waals surface area (Å²) in [4.78, 5) is 4.21. The highest BCUT2D eigenvalue weighted by Gasteiger charge is 2.04. The average molecular weight is 234 g/mol. The Labute approximate surface area is 103 Å². The minimum absolute atomic E-state index is 0.344. The predicted octanol–water partition coefficient (Wildman–Crippen LogP) is 1.44. The molecule has 4 nitrogen and oxygen atoms in total.